The Bertz CT molecular complexity index is 475. The molecule has 0 aliphatic carbocycles. The van der Waals surface area contributed by atoms with Gasteiger partial charge in [-0.25, -0.2) is 13.2 Å². The first kappa shape index (κ1) is 14.6. The Morgan fingerprint density at radius 3 is 2.63 bits per heavy atom. The normalized spacial score (nSPS) is 29.6. The van der Waals surface area contributed by atoms with Crippen LogP contribution in [0.25, 0.3) is 0 Å². The van der Waals surface area contributed by atoms with Crippen LogP contribution in [-0.2, 0) is 19.4 Å². The Hall–Kier alpha value is -0.760. The monoisotopic (exact) mass is 307 g/mol. The highest BCUT2D eigenvalue weighted by molar-refractivity contribution is 8.02. The van der Waals surface area contributed by atoms with Gasteiger partial charge in [-0.1, -0.05) is 0 Å². The first-order chi connectivity index (χ1) is 8.89. The van der Waals surface area contributed by atoms with Gasteiger partial charge < -0.3 is 10.0 Å². The summed E-state index contributed by atoms with van der Waals surface area (Å²) < 4.78 is 22.6. The summed E-state index contributed by atoms with van der Waals surface area (Å²) in [5.74, 6) is -0.657. The van der Waals surface area contributed by atoms with Crippen LogP contribution in [0.15, 0.2) is 0 Å². The molecular weight excluding hydrogens is 290 g/mol. The highest BCUT2D eigenvalue weighted by Crippen LogP contribution is 2.26. The molecule has 0 aromatic carbocycles. The molecule has 0 radical (unpaired) electrons. The molecule has 0 aromatic heterocycles. The van der Waals surface area contributed by atoms with Gasteiger partial charge in [-0.3, -0.25) is 4.79 Å². The number of carboxylic acid groups (broad SMARTS) is 1. The molecule has 2 saturated heterocycles. The van der Waals surface area contributed by atoms with Gasteiger partial charge in [0.1, 0.15) is 6.04 Å². The minimum Gasteiger partial charge on any atom is -0.480 e. The number of thioether (sulfide) groups is 1. The Kier molecular flexibility index (Phi) is 4.39. The van der Waals surface area contributed by atoms with Crippen LogP contribution in [0.2, 0.25) is 0 Å². The van der Waals surface area contributed by atoms with Crippen LogP contribution in [0.5, 0.6) is 0 Å². The topological polar surface area (TPSA) is 91.8 Å². The summed E-state index contributed by atoms with van der Waals surface area (Å²) in [5.41, 5.74) is 0. The molecular formula is C11H17NO5S2. The third kappa shape index (κ3) is 3.62. The third-order valence-electron chi connectivity index (χ3n) is 3.49. The molecule has 0 spiro atoms. The van der Waals surface area contributed by atoms with E-state index in [2.05, 4.69) is 0 Å². The lowest BCUT2D eigenvalue weighted by Crippen LogP contribution is -2.41. The van der Waals surface area contributed by atoms with E-state index in [0.29, 0.717) is 25.8 Å². The van der Waals surface area contributed by atoms with Crippen LogP contribution in [0, 0.1) is 0 Å². The lowest BCUT2D eigenvalue weighted by molar-refractivity contribution is -0.147. The van der Waals surface area contributed by atoms with Gasteiger partial charge in [0.05, 0.1) is 17.3 Å². The molecule has 1 amide bonds. The zero-order chi connectivity index (χ0) is 14.0. The number of hydrogen-bond acceptors (Lipinski definition) is 5. The highest BCUT2D eigenvalue weighted by Gasteiger charge is 2.35. The van der Waals surface area contributed by atoms with E-state index in [1.54, 1.807) is 0 Å². The number of carboxylic acids is 1. The SMILES string of the molecule is O=C(O)C1CCCN1C(=O)CSC1CCS(=O)(=O)C1. The molecule has 2 aliphatic rings. The molecule has 2 unspecified atom stereocenters. The maximum atomic E-state index is 12.0. The lowest BCUT2D eigenvalue weighted by Gasteiger charge is -2.21. The van der Waals surface area contributed by atoms with Crippen molar-refractivity contribution in [2.24, 2.45) is 0 Å². The highest BCUT2D eigenvalue weighted by atomic mass is 32.2. The fraction of sp³-hybridized carbons (Fsp3) is 0.818. The Morgan fingerprint density at radius 1 is 1.32 bits per heavy atom. The average Bonchev–Trinajstić information content (AvgIpc) is 2.92. The Balaban J connectivity index is 1.83. The van der Waals surface area contributed by atoms with E-state index >= 15 is 0 Å². The third-order valence-corrected chi connectivity index (χ3v) is 6.76. The summed E-state index contributed by atoms with van der Waals surface area (Å²) >= 11 is 1.33. The molecule has 8 heteroatoms. The van der Waals surface area contributed by atoms with E-state index in [1.165, 1.54) is 16.7 Å². The van der Waals surface area contributed by atoms with Gasteiger partial charge >= 0.3 is 5.97 Å². The molecule has 0 aromatic rings. The van der Waals surface area contributed by atoms with Crippen LogP contribution in [0.1, 0.15) is 19.3 Å². The first-order valence-corrected chi connectivity index (χ1v) is 9.10. The summed E-state index contributed by atoms with van der Waals surface area (Å²) in [6.45, 7) is 0.485. The molecule has 2 atom stereocenters. The summed E-state index contributed by atoms with van der Waals surface area (Å²) in [4.78, 5) is 24.4. The van der Waals surface area contributed by atoms with E-state index in [9.17, 15) is 18.0 Å². The number of carbonyl (C=O) groups is 2. The summed E-state index contributed by atoms with van der Waals surface area (Å²) in [6, 6.07) is -0.708. The first-order valence-electron chi connectivity index (χ1n) is 6.23. The summed E-state index contributed by atoms with van der Waals surface area (Å²) in [7, 11) is -2.93. The molecule has 0 bridgehead atoms. The minimum atomic E-state index is -2.93. The van der Waals surface area contributed by atoms with Crippen molar-refractivity contribution in [1.29, 1.82) is 0 Å². The molecule has 108 valence electrons. The predicted octanol–water partition coefficient (Wildman–Crippen LogP) is -0.0177. The molecule has 1 N–H and O–H groups in total. The maximum Gasteiger partial charge on any atom is 0.326 e. The minimum absolute atomic E-state index is 0.0279. The number of amides is 1. The number of nitrogens with zero attached hydrogens (tertiary/aromatic N) is 1. The quantitative estimate of drug-likeness (QED) is 0.785. The Morgan fingerprint density at radius 2 is 2.05 bits per heavy atom. The van der Waals surface area contributed by atoms with Crippen molar-refractivity contribution in [2.75, 3.05) is 23.8 Å². The van der Waals surface area contributed by atoms with Crippen LogP contribution in [-0.4, -0.2) is 65.4 Å². The van der Waals surface area contributed by atoms with E-state index in [4.69, 9.17) is 5.11 Å². The molecule has 2 heterocycles. The van der Waals surface area contributed by atoms with Gasteiger partial charge in [0.15, 0.2) is 9.84 Å². The molecule has 2 aliphatic heterocycles. The van der Waals surface area contributed by atoms with Gasteiger partial charge in [0.2, 0.25) is 5.91 Å². The zero-order valence-electron chi connectivity index (χ0n) is 10.4. The van der Waals surface area contributed by atoms with Crippen molar-refractivity contribution in [3.63, 3.8) is 0 Å². The van der Waals surface area contributed by atoms with Crippen LogP contribution in [0.3, 0.4) is 0 Å². The van der Waals surface area contributed by atoms with E-state index in [0.717, 1.165) is 0 Å². The number of likely N-dealkylation sites (tertiary alicyclic amines) is 1. The fourth-order valence-electron chi connectivity index (χ4n) is 2.49. The fourth-order valence-corrected chi connectivity index (χ4v) is 6.01. The van der Waals surface area contributed by atoms with Gasteiger partial charge in [-0.15, -0.1) is 11.8 Å². The van der Waals surface area contributed by atoms with Gasteiger partial charge in [0.25, 0.3) is 0 Å². The number of rotatable bonds is 4. The van der Waals surface area contributed by atoms with Crippen molar-refractivity contribution in [3.8, 4) is 0 Å². The van der Waals surface area contributed by atoms with E-state index < -0.39 is 21.8 Å². The molecule has 2 fully saturated rings. The molecule has 19 heavy (non-hydrogen) atoms. The predicted molar refractivity (Wildman–Crippen MR) is 71.9 cm³/mol. The van der Waals surface area contributed by atoms with Crippen molar-refractivity contribution in [1.82, 2.24) is 4.90 Å². The number of aliphatic carboxylic acids is 1. The van der Waals surface area contributed by atoms with E-state index in [-0.39, 0.29) is 28.4 Å². The van der Waals surface area contributed by atoms with Gasteiger partial charge in [-0.2, -0.15) is 0 Å². The second-order valence-electron chi connectivity index (χ2n) is 4.92. The second-order valence-corrected chi connectivity index (χ2v) is 8.44. The standard InChI is InChI=1S/C11H17NO5S2/c13-10(12-4-1-2-9(12)11(14)15)6-18-8-3-5-19(16,17)7-8/h8-9H,1-7H2,(H,14,15). The molecule has 2 rings (SSSR count). The van der Waals surface area contributed by atoms with Crippen molar-refractivity contribution in [3.05, 3.63) is 0 Å². The largest absolute Gasteiger partial charge is 0.480 e. The summed E-state index contributed by atoms with van der Waals surface area (Å²) in [6.07, 6.45) is 1.80. The number of carbonyl (C=O) groups excluding carboxylic acids is 1. The van der Waals surface area contributed by atoms with Crippen molar-refractivity contribution < 1.29 is 23.1 Å². The molecule has 0 saturated carbocycles. The Labute approximate surface area is 116 Å². The molecule has 6 nitrogen and oxygen atoms in total. The number of hydrogen-bond donors (Lipinski definition) is 1. The van der Waals surface area contributed by atoms with Gasteiger partial charge in [-0.05, 0) is 19.3 Å². The van der Waals surface area contributed by atoms with Gasteiger partial charge in [0, 0.05) is 11.8 Å². The van der Waals surface area contributed by atoms with E-state index in [1.807, 2.05) is 0 Å². The average molecular weight is 307 g/mol. The maximum absolute atomic E-state index is 12.0. The van der Waals surface area contributed by atoms with Crippen molar-refractivity contribution in [2.45, 2.75) is 30.6 Å². The summed E-state index contributed by atoms with van der Waals surface area (Å²) in [5, 5.41) is 8.97. The number of sulfone groups is 1. The lowest BCUT2D eigenvalue weighted by atomic mass is 10.2. The smallest absolute Gasteiger partial charge is 0.326 e. The second kappa shape index (κ2) is 5.70. The van der Waals surface area contributed by atoms with Crippen LogP contribution < -0.4 is 0 Å². The zero-order valence-corrected chi connectivity index (χ0v) is 12.1. The van der Waals surface area contributed by atoms with Crippen LogP contribution in [0.4, 0.5) is 0 Å². The van der Waals surface area contributed by atoms with Crippen LogP contribution >= 0.6 is 11.8 Å². The van der Waals surface area contributed by atoms with Crippen molar-refractivity contribution >= 4 is 33.5 Å².